The molecule has 0 saturated heterocycles. The molecule has 0 aliphatic heterocycles. The molecule has 0 heterocycles. The van der Waals surface area contributed by atoms with E-state index in [-0.39, 0.29) is 17.8 Å². The summed E-state index contributed by atoms with van der Waals surface area (Å²) in [5, 5.41) is 0. The lowest BCUT2D eigenvalue weighted by molar-refractivity contribution is -0.485. The molecule has 5 aliphatic rings. The Hall–Kier alpha value is -0.570. The van der Waals surface area contributed by atoms with Crippen molar-refractivity contribution < 1.29 is 57.8 Å². The van der Waals surface area contributed by atoms with Gasteiger partial charge in [0.15, 0.2) is 0 Å². The normalized spacial score (nSPS) is 41.3. The minimum atomic E-state index is -7.28. The molecule has 5 aliphatic carbocycles. The first-order chi connectivity index (χ1) is 16.4. The summed E-state index contributed by atoms with van der Waals surface area (Å²) in [7, 11) is 0. The van der Waals surface area contributed by atoms with Gasteiger partial charge in [-0.1, -0.05) is 36.4 Å². The van der Waals surface area contributed by atoms with Gasteiger partial charge in [-0.05, 0) is 68.6 Å². The predicted molar refractivity (Wildman–Crippen MR) is 116 cm³/mol. The molecule has 5 saturated carbocycles. The quantitative estimate of drug-likeness (QED) is 0.129. The van der Waals surface area contributed by atoms with Crippen LogP contribution in [0.3, 0.4) is 0 Å². The monoisotopic (exact) mass is 670 g/mol. The smallest absolute Gasteiger partial charge is 0.384 e. The standard InChI is InChI=1S/C23H26F11IO2/c1-10(2)18(13-5-11-4-12(7-13)8-14(18)6-11)37-15(36)16(3,35)9-17(24)19(25,26)21(29,30)23(33,34)22(31,32)20(17,27)28/h10-14H,4-9H2,1-3H3. The van der Waals surface area contributed by atoms with Crippen molar-refractivity contribution >= 4 is 28.6 Å². The average Bonchev–Trinajstić information content (AvgIpc) is 2.73. The summed E-state index contributed by atoms with van der Waals surface area (Å²) in [6, 6.07) is 0. The third kappa shape index (κ3) is 3.37. The lowest BCUT2D eigenvalue weighted by atomic mass is 9.47. The fourth-order valence-electron chi connectivity index (χ4n) is 7.45. The van der Waals surface area contributed by atoms with Gasteiger partial charge in [-0.3, -0.25) is 4.79 Å². The lowest BCUT2D eigenvalue weighted by Gasteiger charge is -2.62. The van der Waals surface area contributed by atoms with Gasteiger partial charge < -0.3 is 4.74 Å². The Morgan fingerprint density at radius 2 is 1.11 bits per heavy atom. The van der Waals surface area contributed by atoms with Gasteiger partial charge in [-0.25, -0.2) is 4.39 Å². The zero-order valence-corrected chi connectivity index (χ0v) is 22.1. The molecule has 0 radical (unpaired) electrons. The van der Waals surface area contributed by atoms with Gasteiger partial charge in [-0.15, -0.1) is 0 Å². The number of hydrogen-bond donors (Lipinski definition) is 0. The number of carbonyl (C=O) groups is 1. The van der Waals surface area contributed by atoms with Gasteiger partial charge in [0.05, 0.1) is 0 Å². The fourth-order valence-corrected chi connectivity index (χ4v) is 8.09. The van der Waals surface area contributed by atoms with Crippen LogP contribution in [0, 0.1) is 29.6 Å². The van der Waals surface area contributed by atoms with E-state index < -0.39 is 56.7 Å². The van der Waals surface area contributed by atoms with Crippen molar-refractivity contribution in [1.82, 2.24) is 0 Å². The molecule has 0 N–H and O–H groups in total. The Kier molecular flexibility index (Phi) is 6.36. The second-order valence-corrected chi connectivity index (χ2v) is 14.1. The molecule has 1 unspecified atom stereocenters. The summed E-state index contributed by atoms with van der Waals surface area (Å²) >= 11 is 0.905. The summed E-state index contributed by atoms with van der Waals surface area (Å²) in [4.78, 5) is 13.2. The number of alkyl halides is 12. The maximum Gasteiger partial charge on any atom is 0.384 e. The van der Waals surface area contributed by atoms with Crippen molar-refractivity contribution in [2.45, 2.75) is 104 Å². The second-order valence-electron chi connectivity index (χ2n) is 11.7. The minimum absolute atomic E-state index is 0.177. The highest BCUT2D eigenvalue weighted by molar-refractivity contribution is 14.1. The Labute approximate surface area is 219 Å². The van der Waals surface area contributed by atoms with Gasteiger partial charge >= 0.3 is 35.6 Å². The molecular formula is C23H26F11IO2. The highest BCUT2D eigenvalue weighted by atomic mass is 127. The molecule has 0 spiro atoms. The van der Waals surface area contributed by atoms with Crippen LogP contribution in [0.5, 0.6) is 0 Å². The largest absolute Gasteiger partial charge is 0.457 e. The number of esters is 1. The van der Waals surface area contributed by atoms with E-state index in [0.29, 0.717) is 44.4 Å². The molecule has 0 aromatic rings. The molecule has 14 heteroatoms. The molecule has 2 nitrogen and oxygen atoms in total. The van der Waals surface area contributed by atoms with Gasteiger partial charge in [-0.2, -0.15) is 43.9 Å². The summed E-state index contributed by atoms with van der Waals surface area (Å²) in [6.07, 6.45) is 1.07. The van der Waals surface area contributed by atoms with E-state index in [2.05, 4.69) is 0 Å². The average molecular weight is 670 g/mol. The number of ether oxygens (including phenoxy) is 1. The summed E-state index contributed by atoms with van der Waals surface area (Å²) in [5.41, 5.74) is -7.41. The van der Waals surface area contributed by atoms with E-state index >= 15 is 4.39 Å². The second kappa shape index (κ2) is 8.01. The van der Waals surface area contributed by atoms with Crippen molar-refractivity contribution in [2.24, 2.45) is 29.6 Å². The highest BCUT2D eigenvalue weighted by Crippen LogP contribution is 2.71. The molecule has 5 rings (SSSR count). The minimum Gasteiger partial charge on any atom is -0.457 e. The lowest BCUT2D eigenvalue weighted by Crippen LogP contribution is -2.84. The number of rotatable bonds is 5. The van der Waals surface area contributed by atoms with Crippen LogP contribution in [0.25, 0.3) is 0 Å². The van der Waals surface area contributed by atoms with Gasteiger partial charge in [0.25, 0.3) is 5.67 Å². The van der Waals surface area contributed by atoms with Crippen molar-refractivity contribution in [3.8, 4) is 0 Å². The molecular weight excluding hydrogens is 644 g/mol. The highest BCUT2D eigenvalue weighted by Gasteiger charge is 3.01. The van der Waals surface area contributed by atoms with Gasteiger partial charge in [0.1, 0.15) is 9.02 Å². The first-order valence-corrected chi connectivity index (χ1v) is 13.0. The van der Waals surface area contributed by atoms with Crippen LogP contribution in [-0.4, -0.2) is 50.3 Å². The molecule has 5 fully saturated rings. The molecule has 0 aromatic carbocycles. The van der Waals surface area contributed by atoms with Gasteiger partial charge in [0.2, 0.25) is 0 Å². The van der Waals surface area contributed by atoms with Crippen LogP contribution in [0.15, 0.2) is 0 Å². The van der Waals surface area contributed by atoms with E-state index in [0.717, 1.165) is 29.0 Å². The van der Waals surface area contributed by atoms with Crippen LogP contribution in [-0.2, 0) is 9.53 Å². The molecule has 1 atom stereocenters. The SMILES string of the molecule is CC(C)C1(OC(=O)C(C)(I)CC2(F)C(F)(F)C(F)(F)C(F)(F)C(F)(F)C2(F)F)C2CC3CC(C2)CC1C3. The van der Waals surface area contributed by atoms with Crippen LogP contribution in [0.4, 0.5) is 48.3 Å². The van der Waals surface area contributed by atoms with Gasteiger partial charge in [0, 0.05) is 6.42 Å². The number of carbonyl (C=O) groups excluding carboxylic acids is 1. The maximum atomic E-state index is 15.4. The number of hydrogen-bond acceptors (Lipinski definition) is 2. The zero-order chi connectivity index (χ0) is 28.4. The van der Waals surface area contributed by atoms with Crippen molar-refractivity contribution in [2.75, 3.05) is 0 Å². The van der Waals surface area contributed by atoms with Crippen LogP contribution >= 0.6 is 22.6 Å². The Balaban J connectivity index is 1.70. The molecule has 0 amide bonds. The third-order valence-electron chi connectivity index (χ3n) is 9.16. The molecule has 4 bridgehead atoms. The number of halogens is 12. The molecule has 37 heavy (non-hydrogen) atoms. The fraction of sp³-hybridized carbons (Fsp3) is 0.957. The van der Waals surface area contributed by atoms with E-state index in [1.54, 1.807) is 13.8 Å². The first kappa shape index (κ1) is 29.4. The van der Waals surface area contributed by atoms with Crippen LogP contribution in [0.2, 0.25) is 0 Å². The van der Waals surface area contributed by atoms with Crippen LogP contribution in [0.1, 0.15) is 59.3 Å². The Bertz CT molecular complexity index is 904. The van der Waals surface area contributed by atoms with E-state index in [1.165, 1.54) is 0 Å². The Morgan fingerprint density at radius 3 is 1.46 bits per heavy atom. The maximum absolute atomic E-state index is 15.4. The van der Waals surface area contributed by atoms with E-state index in [4.69, 9.17) is 4.74 Å². The molecule has 0 aromatic heterocycles. The van der Waals surface area contributed by atoms with Crippen LogP contribution < -0.4 is 0 Å². The third-order valence-corrected chi connectivity index (χ3v) is 9.98. The van der Waals surface area contributed by atoms with E-state index in [9.17, 15) is 48.7 Å². The topological polar surface area (TPSA) is 26.3 Å². The summed E-state index contributed by atoms with van der Waals surface area (Å²) < 4.78 is 159. The summed E-state index contributed by atoms with van der Waals surface area (Å²) in [5.74, 6) is -37.1. The molecule has 214 valence electrons. The predicted octanol–water partition coefficient (Wildman–Crippen LogP) is 7.86. The van der Waals surface area contributed by atoms with E-state index in [1.807, 2.05) is 0 Å². The zero-order valence-electron chi connectivity index (χ0n) is 20.0. The van der Waals surface area contributed by atoms with Crippen molar-refractivity contribution in [3.05, 3.63) is 0 Å². The summed E-state index contributed by atoms with van der Waals surface area (Å²) in [6.45, 7) is 4.04. The first-order valence-electron chi connectivity index (χ1n) is 11.9. The Morgan fingerprint density at radius 1 is 0.757 bits per heavy atom. The van der Waals surface area contributed by atoms with Crippen molar-refractivity contribution in [1.29, 1.82) is 0 Å². The van der Waals surface area contributed by atoms with Crippen molar-refractivity contribution in [3.63, 3.8) is 0 Å².